The van der Waals surface area contributed by atoms with E-state index >= 15 is 0 Å². The number of benzene rings is 1. The molecule has 3 heteroatoms. The summed E-state index contributed by atoms with van der Waals surface area (Å²) in [6, 6.07) is 9.12. The van der Waals surface area contributed by atoms with E-state index in [9.17, 15) is 0 Å². The number of rotatable bonds is 6. The molecule has 2 rings (SSSR count). The SMILES string of the molecule is CCCNCc1ccc(CN2CCCSCC2)cc1. The predicted molar refractivity (Wildman–Crippen MR) is 85.7 cm³/mol. The second kappa shape index (κ2) is 8.62. The zero-order chi connectivity index (χ0) is 13.3. The molecule has 0 aliphatic carbocycles. The fourth-order valence-corrected chi connectivity index (χ4v) is 3.31. The van der Waals surface area contributed by atoms with E-state index in [-0.39, 0.29) is 0 Å². The Kier molecular flexibility index (Phi) is 6.75. The van der Waals surface area contributed by atoms with E-state index in [1.165, 1.54) is 48.6 Å². The molecule has 1 heterocycles. The van der Waals surface area contributed by atoms with Crippen LogP contribution in [0.5, 0.6) is 0 Å². The van der Waals surface area contributed by atoms with Gasteiger partial charge in [-0.15, -0.1) is 0 Å². The molecule has 1 aromatic carbocycles. The van der Waals surface area contributed by atoms with Crippen molar-refractivity contribution in [3.05, 3.63) is 35.4 Å². The van der Waals surface area contributed by atoms with Gasteiger partial charge in [0, 0.05) is 25.4 Å². The zero-order valence-electron chi connectivity index (χ0n) is 12.0. The summed E-state index contributed by atoms with van der Waals surface area (Å²) in [6.07, 6.45) is 2.54. The van der Waals surface area contributed by atoms with Crippen molar-refractivity contribution >= 4 is 11.8 Å². The van der Waals surface area contributed by atoms with Gasteiger partial charge in [-0.3, -0.25) is 4.90 Å². The van der Waals surface area contributed by atoms with Crippen LogP contribution in [0, 0.1) is 0 Å². The quantitative estimate of drug-likeness (QED) is 0.805. The molecule has 0 atom stereocenters. The lowest BCUT2D eigenvalue weighted by Gasteiger charge is -2.19. The summed E-state index contributed by atoms with van der Waals surface area (Å²) in [5, 5.41) is 3.45. The van der Waals surface area contributed by atoms with Crippen LogP contribution in [-0.4, -0.2) is 36.0 Å². The van der Waals surface area contributed by atoms with Gasteiger partial charge in [-0.1, -0.05) is 31.2 Å². The molecule has 1 aliphatic heterocycles. The first-order chi connectivity index (χ1) is 9.38. The van der Waals surface area contributed by atoms with Crippen LogP contribution in [-0.2, 0) is 13.1 Å². The highest BCUT2D eigenvalue weighted by atomic mass is 32.2. The maximum atomic E-state index is 3.45. The highest BCUT2D eigenvalue weighted by Crippen LogP contribution is 2.13. The Morgan fingerprint density at radius 2 is 1.89 bits per heavy atom. The maximum Gasteiger partial charge on any atom is 0.0234 e. The molecule has 19 heavy (non-hydrogen) atoms. The Hall–Kier alpha value is -0.510. The Morgan fingerprint density at radius 3 is 2.68 bits per heavy atom. The van der Waals surface area contributed by atoms with Gasteiger partial charge in [-0.25, -0.2) is 0 Å². The van der Waals surface area contributed by atoms with Gasteiger partial charge in [-0.05, 0) is 42.8 Å². The van der Waals surface area contributed by atoms with Crippen LogP contribution in [0.4, 0.5) is 0 Å². The number of nitrogens with zero attached hydrogens (tertiary/aromatic N) is 1. The van der Waals surface area contributed by atoms with Crippen LogP contribution in [0.1, 0.15) is 30.9 Å². The van der Waals surface area contributed by atoms with Gasteiger partial charge in [0.25, 0.3) is 0 Å². The van der Waals surface area contributed by atoms with Gasteiger partial charge >= 0.3 is 0 Å². The van der Waals surface area contributed by atoms with Crippen molar-refractivity contribution in [2.45, 2.75) is 32.9 Å². The first-order valence-electron chi connectivity index (χ1n) is 7.47. The minimum absolute atomic E-state index is 0.995. The molecule has 0 bridgehead atoms. The van der Waals surface area contributed by atoms with Gasteiger partial charge in [0.05, 0.1) is 0 Å². The average Bonchev–Trinajstić information content (AvgIpc) is 2.70. The molecule has 1 saturated heterocycles. The fraction of sp³-hybridized carbons (Fsp3) is 0.625. The monoisotopic (exact) mass is 278 g/mol. The Labute approximate surface area is 122 Å². The molecule has 1 fully saturated rings. The third-order valence-corrected chi connectivity index (χ3v) is 4.55. The smallest absolute Gasteiger partial charge is 0.0234 e. The van der Waals surface area contributed by atoms with E-state index in [0.29, 0.717) is 0 Å². The minimum Gasteiger partial charge on any atom is -0.313 e. The highest BCUT2D eigenvalue weighted by molar-refractivity contribution is 7.99. The molecule has 1 aliphatic rings. The molecule has 0 saturated carbocycles. The predicted octanol–water partition coefficient (Wildman–Crippen LogP) is 3.13. The van der Waals surface area contributed by atoms with Crippen LogP contribution in [0.3, 0.4) is 0 Å². The summed E-state index contributed by atoms with van der Waals surface area (Å²) in [7, 11) is 0. The minimum atomic E-state index is 0.995. The highest BCUT2D eigenvalue weighted by Gasteiger charge is 2.09. The number of nitrogens with one attached hydrogen (secondary N) is 1. The summed E-state index contributed by atoms with van der Waals surface area (Å²) in [5.74, 6) is 2.62. The zero-order valence-corrected chi connectivity index (χ0v) is 12.8. The molecule has 1 aromatic rings. The Bertz CT molecular complexity index is 342. The summed E-state index contributed by atoms with van der Waals surface area (Å²) in [6.45, 7) is 7.91. The second-order valence-corrected chi connectivity index (χ2v) is 6.46. The molecular formula is C16H26N2S. The first kappa shape index (κ1) is 14.9. The third kappa shape index (κ3) is 5.55. The molecule has 2 nitrogen and oxygen atoms in total. The van der Waals surface area contributed by atoms with Crippen molar-refractivity contribution in [1.29, 1.82) is 0 Å². The van der Waals surface area contributed by atoms with Crippen LogP contribution in [0.25, 0.3) is 0 Å². The van der Waals surface area contributed by atoms with Crippen molar-refractivity contribution in [3.8, 4) is 0 Å². The third-order valence-electron chi connectivity index (χ3n) is 3.50. The van der Waals surface area contributed by atoms with Gasteiger partial charge in [0.2, 0.25) is 0 Å². The summed E-state index contributed by atoms with van der Waals surface area (Å²) < 4.78 is 0. The lowest BCUT2D eigenvalue weighted by atomic mass is 10.1. The molecule has 0 radical (unpaired) electrons. The van der Waals surface area contributed by atoms with Crippen molar-refractivity contribution in [1.82, 2.24) is 10.2 Å². The van der Waals surface area contributed by atoms with Crippen LogP contribution < -0.4 is 5.32 Å². The molecule has 106 valence electrons. The van der Waals surface area contributed by atoms with Gasteiger partial charge < -0.3 is 5.32 Å². The standard InChI is InChI=1S/C16H26N2S/c1-2-8-17-13-15-4-6-16(7-5-15)14-18-9-3-11-19-12-10-18/h4-7,17H,2-3,8-14H2,1H3. The maximum absolute atomic E-state index is 3.45. The van der Waals surface area contributed by atoms with E-state index in [0.717, 1.165) is 19.6 Å². The van der Waals surface area contributed by atoms with E-state index in [1.807, 2.05) is 0 Å². The topological polar surface area (TPSA) is 15.3 Å². The lowest BCUT2D eigenvalue weighted by Crippen LogP contribution is -2.25. The van der Waals surface area contributed by atoms with Crippen LogP contribution in [0.2, 0.25) is 0 Å². The van der Waals surface area contributed by atoms with E-state index in [1.54, 1.807) is 0 Å². The molecule has 0 spiro atoms. The van der Waals surface area contributed by atoms with Gasteiger partial charge in [-0.2, -0.15) is 11.8 Å². The Balaban J connectivity index is 1.80. The van der Waals surface area contributed by atoms with Crippen LogP contribution >= 0.6 is 11.8 Å². The van der Waals surface area contributed by atoms with Gasteiger partial charge in [0.15, 0.2) is 0 Å². The van der Waals surface area contributed by atoms with Crippen molar-refractivity contribution < 1.29 is 0 Å². The van der Waals surface area contributed by atoms with Crippen molar-refractivity contribution in [3.63, 3.8) is 0 Å². The number of hydrogen-bond donors (Lipinski definition) is 1. The van der Waals surface area contributed by atoms with E-state index in [2.05, 4.69) is 53.2 Å². The van der Waals surface area contributed by atoms with Crippen molar-refractivity contribution in [2.24, 2.45) is 0 Å². The summed E-state index contributed by atoms with van der Waals surface area (Å²) in [5.41, 5.74) is 2.84. The fourth-order valence-electron chi connectivity index (χ4n) is 2.39. The molecular weight excluding hydrogens is 252 g/mol. The summed E-state index contributed by atoms with van der Waals surface area (Å²) in [4.78, 5) is 2.59. The van der Waals surface area contributed by atoms with E-state index < -0.39 is 0 Å². The molecule has 0 amide bonds. The second-order valence-electron chi connectivity index (χ2n) is 5.24. The normalized spacial score (nSPS) is 17.3. The van der Waals surface area contributed by atoms with E-state index in [4.69, 9.17) is 0 Å². The Morgan fingerprint density at radius 1 is 1.11 bits per heavy atom. The molecule has 0 aromatic heterocycles. The number of thioether (sulfide) groups is 1. The van der Waals surface area contributed by atoms with Crippen molar-refractivity contribution in [2.75, 3.05) is 31.1 Å². The lowest BCUT2D eigenvalue weighted by molar-refractivity contribution is 0.287. The van der Waals surface area contributed by atoms with Crippen LogP contribution in [0.15, 0.2) is 24.3 Å². The summed E-state index contributed by atoms with van der Waals surface area (Å²) >= 11 is 2.09. The largest absolute Gasteiger partial charge is 0.313 e. The average molecular weight is 278 g/mol. The molecule has 0 unspecified atom stereocenters. The van der Waals surface area contributed by atoms with Gasteiger partial charge in [0.1, 0.15) is 0 Å². The molecule has 1 N–H and O–H groups in total. The number of hydrogen-bond acceptors (Lipinski definition) is 3. The first-order valence-corrected chi connectivity index (χ1v) is 8.62.